The summed E-state index contributed by atoms with van der Waals surface area (Å²) in [5.41, 5.74) is 8.13. The summed E-state index contributed by atoms with van der Waals surface area (Å²) in [5, 5.41) is 6.93. The monoisotopic (exact) mass is 433 g/mol. The lowest BCUT2D eigenvalue weighted by Gasteiger charge is -2.29. The molecule has 0 aliphatic carbocycles. The number of rotatable bonds is 4. The Hall–Kier alpha value is -3.85. The molecule has 32 heavy (non-hydrogen) atoms. The summed E-state index contributed by atoms with van der Waals surface area (Å²) in [7, 11) is 0. The molecule has 4 N–H and O–H groups in total. The number of fused-ring (bicyclic) bond motifs is 1. The van der Waals surface area contributed by atoms with Gasteiger partial charge in [0.1, 0.15) is 28.7 Å². The van der Waals surface area contributed by atoms with Gasteiger partial charge in [0.05, 0.1) is 5.56 Å². The molecular weight excluding hydrogens is 412 g/mol. The zero-order valence-corrected chi connectivity index (χ0v) is 17.1. The predicted molar refractivity (Wildman–Crippen MR) is 122 cm³/mol. The summed E-state index contributed by atoms with van der Waals surface area (Å²) in [5.74, 6) is -1.04. The van der Waals surface area contributed by atoms with Crippen LogP contribution >= 0.6 is 0 Å². The van der Waals surface area contributed by atoms with Gasteiger partial charge in [0.25, 0.3) is 0 Å². The number of nitrogen functional groups attached to an aromatic ring is 1. The number of pyridine rings is 1. The van der Waals surface area contributed by atoms with Crippen LogP contribution in [0.25, 0.3) is 22.2 Å². The van der Waals surface area contributed by atoms with E-state index in [1.54, 1.807) is 6.07 Å². The van der Waals surface area contributed by atoms with E-state index in [1.165, 1.54) is 24.4 Å². The minimum Gasteiger partial charge on any atom is -0.383 e. The number of nitrogens with one attached hydrogen (secondary N) is 2. The summed E-state index contributed by atoms with van der Waals surface area (Å²) in [6, 6.07) is 13.2. The molecule has 5 rings (SSSR count). The number of halogens is 2. The molecule has 162 valence electrons. The summed E-state index contributed by atoms with van der Waals surface area (Å²) in [4.78, 5) is 15.3. The van der Waals surface area contributed by atoms with Crippen molar-refractivity contribution < 1.29 is 8.78 Å². The average molecular weight is 433 g/mol. The van der Waals surface area contributed by atoms with Gasteiger partial charge in [-0.2, -0.15) is 4.98 Å². The molecule has 4 aromatic rings. The molecule has 1 fully saturated rings. The normalized spacial score (nSPS) is 14.0. The highest BCUT2D eigenvalue weighted by Crippen LogP contribution is 2.32. The van der Waals surface area contributed by atoms with E-state index >= 15 is 0 Å². The second-order valence-electron chi connectivity index (χ2n) is 7.49. The van der Waals surface area contributed by atoms with Gasteiger partial charge in [-0.15, -0.1) is 0 Å². The van der Waals surface area contributed by atoms with E-state index in [0.717, 1.165) is 37.6 Å². The first kappa shape index (κ1) is 20.1. The van der Waals surface area contributed by atoms with Crippen LogP contribution in [0.1, 0.15) is 0 Å². The summed E-state index contributed by atoms with van der Waals surface area (Å²) >= 11 is 0. The number of anilines is 4. The standard InChI is InChI=1S/C23H21F2N7/c24-17-2-1-3-18(25)19(17)21-20-16(8-9-28-21)22(26)31-23(30-20)29-14-4-6-15(7-5-14)32-12-10-27-11-13-32/h1-9,27H,10-13H2,(H3,26,29,30,31). The minimum atomic E-state index is -0.722. The van der Waals surface area contributed by atoms with Crippen LogP contribution in [0.2, 0.25) is 0 Å². The summed E-state index contributed by atoms with van der Waals surface area (Å²) in [6.45, 7) is 3.84. The largest absolute Gasteiger partial charge is 0.383 e. The fraction of sp³-hybridized carbons (Fsp3) is 0.174. The molecule has 0 amide bonds. The number of hydrogen-bond donors (Lipinski definition) is 3. The Morgan fingerprint density at radius 2 is 1.66 bits per heavy atom. The molecule has 0 atom stereocenters. The molecule has 1 saturated heterocycles. The Morgan fingerprint density at radius 1 is 0.938 bits per heavy atom. The van der Waals surface area contributed by atoms with Gasteiger partial charge in [0.15, 0.2) is 0 Å². The first-order chi connectivity index (χ1) is 15.6. The van der Waals surface area contributed by atoms with Crippen molar-refractivity contribution in [2.75, 3.05) is 42.1 Å². The lowest BCUT2D eigenvalue weighted by Crippen LogP contribution is -2.43. The molecule has 7 nitrogen and oxygen atoms in total. The average Bonchev–Trinajstić information content (AvgIpc) is 2.80. The molecule has 2 aromatic heterocycles. The molecule has 1 aliphatic heterocycles. The molecule has 0 spiro atoms. The quantitative estimate of drug-likeness (QED) is 0.452. The molecule has 2 aromatic carbocycles. The maximum atomic E-state index is 14.4. The Kier molecular flexibility index (Phi) is 5.24. The first-order valence-electron chi connectivity index (χ1n) is 10.3. The third kappa shape index (κ3) is 3.78. The van der Waals surface area contributed by atoms with Crippen LogP contribution in [0.15, 0.2) is 54.7 Å². The fourth-order valence-electron chi connectivity index (χ4n) is 3.85. The maximum Gasteiger partial charge on any atom is 0.229 e. The second kappa shape index (κ2) is 8.35. The third-order valence-corrected chi connectivity index (χ3v) is 5.45. The SMILES string of the molecule is Nc1nc(Nc2ccc(N3CCNCC3)cc2)nc2c(-c3c(F)cccc3F)nccc12. The number of aromatic nitrogens is 3. The van der Waals surface area contributed by atoms with Gasteiger partial charge in [-0.05, 0) is 42.5 Å². The zero-order chi connectivity index (χ0) is 22.1. The van der Waals surface area contributed by atoms with Crippen LogP contribution < -0.4 is 21.3 Å². The zero-order valence-electron chi connectivity index (χ0n) is 17.1. The van der Waals surface area contributed by atoms with Gasteiger partial charge in [-0.25, -0.2) is 13.8 Å². The van der Waals surface area contributed by atoms with E-state index in [4.69, 9.17) is 5.73 Å². The lowest BCUT2D eigenvalue weighted by molar-refractivity contribution is 0.589. The Balaban J connectivity index is 1.50. The third-order valence-electron chi connectivity index (χ3n) is 5.45. The van der Waals surface area contributed by atoms with Gasteiger partial charge >= 0.3 is 0 Å². The van der Waals surface area contributed by atoms with Crippen molar-refractivity contribution in [1.82, 2.24) is 20.3 Å². The van der Waals surface area contributed by atoms with Crippen LogP contribution in [0.3, 0.4) is 0 Å². The van der Waals surface area contributed by atoms with Crippen molar-refractivity contribution in [3.8, 4) is 11.3 Å². The predicted octanol–water partition coefficient (Wildman–Crippen LogP) is 3.71. The van der Waals surface area contributed by atoms with E-state index in [-0.39, 0.29) is 28.5 Å². The summed E-state index contributed by atoms with van der Waals surface area (Å²) < 4.78 is 28.9. The summed E-state index contributed by atoms with van der Waals surface area (Å²) in [6.07, 6.45) is 1.44. The van der Waals surface area contributed by atoms with Gasteiger partial charge in [0, 0.05) is 49.1 Å². The first-order valence-corrected chi connectivity index (χ1v) is 10.3. The van der Waals surface area contributed by atoms with Crippen LogP contribution in [0.5, 0.6) is 0 Å². The highest BCUT2D eigenvalue weighted by atomic mass is 19.1. The van der Waals surface area contributed by atoms with Crippen LogP contribution in [0.4, 0.5) is 31.9 Å². The van der Waals surface area contributed by atoms with Crippen LogP contribution in [-0.2, 0) is 0 Å². The lowest BCUT2D eigenvalue weighted by atomic mass is 10.1. The molecule has 0 bridgehead atoms. The molecule has 0 saturated carbocycles. The van der Waals surface area contributed by atoms with Gasteiger partial charge < -0.3 is 21.3 Å². The van der Waals surface area contributed by atoms with Crippen molar-refractivity contribution in [3.05, 3.63) is 66.4 Å². The smallest absolute Gasteiger partial charge is 0.229 e. The fourth-order valence-corrected chi connectivity index (χ4v) is 3.85. The molecular formula is C23H21F2N7. The van der Waals surface area contributed by atoms with Crippen molar-refractivity contribution in [1.29, 1.82) is 0 Å². The Morgan fingerprint density at radius 3 is 2.38 bits per heavy atom. The molecule has 9 heteroatoms. The number of nitrogens with two attached hydrogens (primary N) is 1. The van der Waals surface area contributed by atoms with E-state index in [0.29, 0.717) is 5.39 Å². The van der Waals surface area contributed by atoms with Crippen LogP contribution in [0, 0.1) is 11.6 Å². The van der Waals surface area contributed by atoms with Crippen molar-refractivity contribution in [2.45, 2.75) is 0 Å². The van der Waals surface area contributed by atoms with E-state index in [9.17, 15) is 8.78 Å². The number of hydrogen-bond acceptors (Lipinski definition) is 7. The van der Waals surface area contributed by atoms with E-state index in [1.807, 2.05) is 24.3 Å². The molecule has 0 unspecified atom stereocenters. The highest BCUT2D eigenvalue weighted by Gasteiger charge is 2.18. The minimum absolute atomic E-state index is 0.0734. The number of benzene rings is 2. The van der Waals surface area contributed by atoms with E-state index in [2.05, 4.69) is 30.5 Å². The van der Waals surface area contributed by atoms with Crippen molar-refractivity contribution in [3.63, 3.8) is 0 Å². The Bertz CT molecular complexity index is 1250. The number of nitrogens with zero attached hydrogens (tertiary/aromatic N) is 4. The van der Waals surface area contributed by atoms with Gasteiger partial charge in [-0.1, -0.05) is 6.07 Å². The number of piperazine rings is 1. The second-order valence-corrected chi connectivity index (χ2v) is 7.49. The van der Waals surface area contributed by atoms with Crippen LogP contribution in [-0.4, -0.2) is 41.1 Å². The van der Waals surface area contributed by atoms with Gasteiger partial charge in [0.2, 0.25) is 5.95 Å². The van der Waals surface area contributed by atoms with Crippen molar-refractivity contribution >= 4 is 34.0 Å². The molecule has 0 radical (unpaired) electrons. The topological polar surface area (TPSA) is 92.0 Å². The molecule has 3 heterocycles. The highest BCUT2D eigenvalue weighted by molar-refractivity contribution is 5.97. The Labute approximate surface area is 183 Å². The van der Waals surface area contributed by atoms with Crippen molar-refractivity contribution in [2.24, 2.45) is 0 Å². The molecule has 1 aliphatic rings. The van der Waals surface area contributed by atoms with E-state index < -0.39 is 11.6 Å². The van der Waals surface area contributed by atoms with Gasteiger partial charge in [-0.3, -0.25) is 4.98 Å². The maximum absolute atomic E-state index is 14.4.